The second-order valence-electron chi connectivity index (χ2n) is 8.18. The molecule has 0 bridgehead atoms. The van der Waals surface area contributed by atoms with Gasteiger partial charge in [-0.3, -0.25) is 10.1 Å². The third kappa shape index (κ3) is 7.59. The van der Waals surface area contributed by atoms with E-state index in [4.69, 9.17) is 5.11 Å². The first-order chi connectivity index (χ1) is 15.7. The largest absolute Gasteiger partial charge is 0.465 e. The summed E-state index contributed by atoms with van der Waals surface area (Å²) in [7, 11) is -2.04. The van der Waals surface area contributed by atoms with Gasteiger partial charge in [-0.15, -0.1) is 0 Å². The van der Waals surface area contributed by atoms with Gasteiger partial charge in [0.1, 0.15) is 0 Å². The van der Waals surface area contributed by atoms with Crippen LogP contribution in [0.2, 0.25) is 0 Å². The molecule has 0 fully saturated rings. The fourth-order valence-electron chi connectivity index (χ4n) is 3.23. The van der Waals surface area contributed by atoms with Crippen molar-refractivity contribution in [1.29, 1.82) is 0 Å². The Bertz CT molecular complexity index is 1160. The molecule has 0 saturated heterocycles. The van der Waals surface area contributed by atoms with Crippen LogP contribution in [0.15, 0.2) is 72.8 Å². The summed E-state index contributed by atoms with van der Waals surface area (Å²) in [5.41, 5.74) is 3.93. The minimum atomic E-state index is -2.04. The van der Waals surface area contributed by atoms with E-state index in [1.165, 1.54) is 0 Å². The lowest BCUT2D eigenvalue weighted by atomic mass is 10.0. The van der Waals surface area contributed by atoms with Crippen molar-refractivity contribution in [1.82, 2.24) is 5.32 Å². The van der Waals surface area contributed by atoms with Crippen molar-refractivity contribution in [3.63, 3.8) is 0 Å². The van der Waals surface area contributed by atoms with Gasteiger partial charge in [0.25, 0.3) is 5.91 Å². The number of anilines is 2. The smallest absolute Gasteiger partial charge is 0.409 e. The first-order valence-electron chi connectivity index (χ1n) is 10.6. The number of carbonyl (C=O) groups is 2. The molecule has 0 atom stereocenters. The lowest BCUT2D eigenvalue weighted by molar-refractivity contribution is 0.102. The average molecular weight is 465 g/mol. The van der Waals surface area contributed by atoms with E-state index in [1.54, 1.807) is 43.7 Å². The van der Waals surface area contributed by atoms with E-state index in [1.807, 2.05) is 42.5 Å². The quantitative estimate of drug-likeness (QED) is 0.250. The number of carboxylic acid groups (broad SMARTS) is 1. The predicted molar refractivity (Wildman–Crippen MR) is 134 cm³/mol. The van der Waals surface area contributed by atoms with Crippen LogP contribution < -0.4 is 16.0 Å². The maximum Gasteiger partial charge on any atom is 0.409 e. The van der Waals surface area contributed by atoms with Gasteiger partial charge >= 0.3 is 6.09 Å². The summed E-state index contributed by atoms with van der Waals surface area (Å²) >= 11 is 0. The molecule has 0 spiro atoms. The van der Waals surface area contributed by atoms with E-state index < -0.39 is 13.2 Å². The summed E-state index contributed by atoms with van der Waals surface area (Å²) < 4.78 is 11.8. The number of amides is 2. The van der Waals surface area contributed by atoms with Gasteiger partial charge in [-0.1, -0.05) is 48.5 Å². The highest BCUT2D eigenvalue weighted by atomic mass is 31.2. The Kier molecular flexibility index (Phi) is 8.04. The molecule has 0 aromatic heterocycles. The Labute approximate surface area is 193 Å². The molecule has 8 heteroatoms. The summed E-state index contributed by atoms with van der Waals surface area (Å²) in [4.78, 5) is 24.0. The number of hydrogen-bond donors (Lipinski definition) is 4. The first-order valence-corrected chi connectivity index (χ1v) is 13.3. The number of hydrogen-bond acceptors (Lipinski definition) is 4. The van der Waals surface area contributed by atoms with Crippen molar-refractivity contribution in [3.8, 4) is 11.1 Å². The van der Waals surface area contributed by atoms with Gasteiger partial charge in [-0.05, 0) is 54.3 Å². The normalized spacial score (nSPS) is 11.1. The lowest BCUT2D eigenvalue weighted by Crippen LogP contribution is -2.18. The maximum atomic E-state index is 12.8. The van der Waals surface area contributed by atoms with Gasteiger partial charge < -0.3 is 20.3 Å². The van der Waals surface area contributed by atoms with Gasteiger partial charge in [0, 0.05) is 24.8 Å². The molecule has 4 N–H and O–H groups in total. The van der Waals surface area contributed by atoms with Crippen LogP contribution in [0, 0.1) is 0 Å². The van der Waals surface area contributed by atoms with Crippen LogP contribution in [0.25, 0.3) is 11.1 Å². The molecule has 0 radical (unpaired) electrons. The van der Waals surface area contributed by atoms with Crippen molar-refractivity contribution in [2.24, 2.45) is 0 Å². The Hall–Kier alpha value is -3.41. The van der Waals surface area contributed by atoms with Crippen LogP contribution in [0.5, 0.6) is 0 Å². The topological polar surface area (TPSA) is 108 Å². The van der Waals surface area contributed by atoms with Crippen molar-refractivity contribution in [2.45, 2.75) is 6.54 Å². The zero-order valence-corrected chi connectivity index (χ0v) is 19.6. The standard InChI is InChI=1S/C25H28N3O4P/c1-33(2,32)15-14-26-17-18-8-10-20(11-9-18)24(29)27-23-16-21(19-6-4-3-5-7-19)12-13-22(23)28-25(30)31/h3-13,16,26,28H,14-15,17H2,1-2H3,(H,27,29)(H,30,31). The molecule has 0 heterocycles. The van der Waals surface area contributed by atoms with Gasteiger partial charge in [-0.2, -0.15) is 0 Å². The predicted octanol–water partition coefficient (Wildman–Crippen LogP) is 5.41. The van der Waals surface area contributed by atoms with Gasteiger partial charge in [-0.25, -0.2) is 4.79 Å². The summed E-state index contributed by atoms with van der Waals surface area (Å²) in [6, 6.07) is 22.0. The average Bonchev–Trinajstić information content (AvgIpc) is 2.78. The van der Waals surface area contributed by atoms with E-state index in [9.17, 15) is 14.2 Å². The van der Waals surface area contributed by atoms with Gasteiger partial charge in [0.15, 0.2) is 0 Å². The minimum absolute atomic E-state index is 0.292. The number of carbonyl (C=O) groups excluding carboxylic acids is 1. The Morgan fingerprint density at radius 1 is 0.848 bits per heavy atom. The summed E-state index contributed by atoms with van der Waals surface area (Å²) in [6.07, 6.45) is -0.570. The van der Waals surface area contributed by atoms with Crippen molar-refractivity contribution in [2.75, 3.05) is 36.7 Å². The summed E-state index contributed by atoms with van der Waals surface area (Å²) in [5, 5.41) is 17.6. The Balaban J connectivity index is 1.71. The van der Waals surface area contributed by atoms with Crippen LogP contribution in [0.3, 0.4) is 0 Å². The molecule has 2 amide bonds. The second kappa shape index (κ2) is 10.9. The number of nitrogens with one attached hydrogen (secondary N) is 3. The molecular formula is C25H28N3O4P. The van der Waals surface area contributed by atoms with Crippen molar-refractivity contribution in [3.05, 3.63) is 83.9 Å². The van der Waals surface area contributed by atoms with E-state index >= 15 is 0 Å². The monoisotopic (exact) mass is 465 g/mol. The molecular weight excluding hydrogens is 437 g/mol. The van der Waals surface area contributed by atoms with Crippen LogP contribution in [0.4, 0.5) is 16.2 Å². The van der Waals surface area contributed by atoms with E-state index in [2.05, 4.69) is 16.0 Å². The maximum absolute atomic E-state index is 12.8. The molecule has 0 aliphatic carbocycles. The highest BCUT2D eigenvalue weighted by Crippen LogP contribution is 2.34. The Morgan fingerprint density at radius 2 is 1.55 bits per heavy atom. The molecule has 3 aromatic rings. The highest BCUT2D eigenvalue weighted by molar-refractivity contribution is 7.62. The van der Waals surface area contributed by atoms with Crippen LogP contribution in [-0.4, -0.2) is 43.1 Å². The highest BCUT2D eigenvalue weighted by Gasteiger charge is 2.13. The fraction of sp³-hybridized carbons (Fsp3) is 0.200. The first kappa shape index (κ1) is 24.2. The van der Waals surface area contributed by atoms with Crippen LogP contribution in [0.1, 0.15) is 15.9 Å². The molecule has 0 saturated carbocycles. The van der Waals surface area contributed by atoms with E-state index in [0.717, 1.165) is 16.7 Å². The van der Waals surface area contributed by atoms with E-state index in [0.29, 0.717) is 36.2 Å². The van der Waals surface area contributed by atoms with Gasteiger partial charge in [0.05, 0.1) is 18.5 Å². The van der Waals surface area contributed by atoms with Crippen LogP contribution >= 0.6 is 7.14 Å². The van der Waals surface area contributed by atoms with Gasteiger partial charge in [0.2, 0.25) is 0 Å². The lowest BCUT2D eigenvalue weighted by Gasteiger charge is -2.13. The SMILES string of the molecule is CP(C)(=O)CCNCc1ccc(C(=O)Nc2cc(-c3ccccc3)ccc2NC(=O)O)cc1. The second-order valence-corrected chi connectivity index (χ2v) is 11.8. The molecule has 0 aliphatic rings. The Morgan fingerprint density at radius 3 is 2.18 bits per heavy atom. The summed E-state index contributed by atoms with van der Waals surface area (Å²) in [6.45, 7) is 4.83. The molecule has 0 unspecified atom stereocenters. The molecule has 0 aliphatic heterocycles. The third-order valence-corrected chi connectivity index (χ3v) is 6.29. The zero-order chi connectivity index (χ0) is 23.8. The number of rotatable bonds is 9. The number of benzene rings is 3. The summed E-state index contributed by atoms with van der Waals surface area (Å²) in [5.74, 6) is -0.342. The zero-order valence-electron chi connectivity index (χ0n) is 18.7. The van der Waals surface area contributed by atoms with E-state index in [-0.39, 0.29) is 5.91 Å². The fourth-order valence-corrected chi connectivity index (χ4v) is 3.93. The van der Waals surface area contributed by atoms with Crippen molar-refractivity contribution >= 4 is 30.5 Å². The molecule has 3 rings (SSSR count). The minimum Gasteiger partial charge on any atom is -0.465 e. The van der Waals surface area contributed by atoms with Crippen LogP contribution in [-0.2, 0) is 11.1 Å². The molecule has 3 aromatic carbocycles. The molecule has 172 valence electrons. The third-order valence-electron chi connectivity index (χ3n) is 4.99. The molecule has 33 heavy (non-hydrogen) atoms. The van der Waals surface area contributed by atoms with Crippen molar-refractivity contribution < 1.29 is 19.3 Å². The molecule has 7 nitrogen and oxygen atoms in total.